The number of carboxylic acids is 4. The second kappa shape index (κ2) is 16.0. The first kappa shape index (κ1) is 29.3. The summed E-state index contributed by atoms with van der Waals surface area (Å²) in [6.07, 6.45) is 0.920. The van der Waals surface area contributed by atoms with Crippen LogP contribution >= 0.6 is 0 Å². The summed E-state index contributed by atoms with van der Waals surface area (Å²) in [5.41, 5.74) is 0. The van der Waals surface area contributed by atoms with Crippen molar-refractivity contribution in [2.24, 2.45) is 0 Å². The number of rotatable bonds is 8. The molecule has 0 aromatic carbocycles. The number of aliphatic carboxylic acids is 4. The molecule has 1 rings (SSSR count). The second-order valence-corrected chi connectivity index (χ2v) is 7.30. The largest absolute Gasteiger partial charge is 4.00 e. The molecule has 0 atom stereocenters. The van der Waals surface area contributed by atoms with Gasteiger partial charge in [0, 0.05) is 52.4 Å². The van der Waals surface area contributed by atoms with E-state index in [0.717, 1.165) is 0 Å². The van der Waals surface area contributed by atoms with Gasteiger partial charge in [-0.1, -0.05) is 0 Å². The maximum Gasteiger partial charge on any atom is 4.00 e. The van der Waals surface area contributed by atoms with Crippen molar-refractivity contribution in [1.29, 1.82) is 0 Å². The van der Waals surface area contributed by atoms with Gasteiger partial charge in [-0.15, -0.1) is 0 Å². The molecule has 1 aliphatic rings. The quantitative estimate of drug-likeness (QED) is 0.322. The first-order valence-electron chi connectivity index (χ1n) is 9.84. The second-order valence-electron chi connectivity index (χ2n) is 7.30. The molecular weight excluding hydrogens is 451 g/mol. The molecule has 0 amide bonds. The van der Waals surface area contributed by atoms with Gasteiger partial charge in [-0.05, 0) is 39.0 Å². The van der Waals surface area contributed by atoms with Gasteiger partial charge in [0.15, 0.2) is 0 Å². The van der Waals surface area contributed by atoms with E-state index in [1.54, 1.807) is 19.6 Å². The first-order chi connectivity index (χ1) is 14.2. The van der Waals surface area contributed by atoms with Gasteiger partial charge in [-0.3, -0.25) is 19.6 Å². The Morgan fingerprint density at radius 2 is 0.645 bits per heavy atom. The van der Waals surface area contributed by atoms with Crippen molar-refractivity contribution in [1.82, 2.24) is 19.6 Å². The Hall–Kier alpha value is -1.70. The van der Waals surface area contributed by atoms with Gasteiger partial charge in [0.25, 0.3) is 0 Å². The zero-order valence-electron chi connectivity index (χ0n) is 17.4. The van der Waals surface area contributed by atoms with E-state index in [9.17, 15) is 39.6 Å². The predicted molar refractivity (Wildman–Crippen MR) is 95.0 cm³/mol. The molecule has 0 spiro atoms. The van der Waals surface area contributed by atoms with Crippen LogP contribution in [0.25, 0.3) is 0 Å². The third kappa shape index (κ3) is 14.9. The molecule has 1 radical (unpaired) electrons. The van der Waals surface area contributed by atoms with E-state index < -0.39 is 23.9 Å². The Morgan fingerprint density at radius 1 is 0.452 bits per heavy atom. The van der Waals surface area contributed by atoms with Crippen molar-refractivity contribution in [3.8, 4) is 0 Å². The number of hydrogen-bond donors (Lipinski definition) is 0. The van der Waals surface area contributed by atoms with E-state index in [1.165, 1.54) is 0 Å². The summed E-state index contributed by atoms with van der Waals surface area (Å²) in [6.45, 7) is 1.23. The maximum absolute atomic E-state index is 11.0. The normalized spacial score (nSPS) is 19.1. The van der Waals surface area contributed by atoms with Crippen LogP contribution in [0.5, 0.6) is 0 Å². The summed E-state index contributed by atoms with van der Waals surface area (Å²) in [6, 6.07) is 0. The standard InChI is InChI=1S/C18H32N4O8.V/c23-15(24)11-19-3-1-4-20(12-16(25)26)8-10-22(14-18(29)30)6-2-5-21(9-7-19)13-17(27)28;/h1-14H2,(H,23,24)(H,25,26)(H,27,28)(H,29,30);/q;+4/p-4. The minimum atomic E-state index is -1.26. The van der Waals surface area contributed by atoms with Crippen LogP contribution in [-0.4, -0.2) is 122 Å². The van der Waals surface area contributed by atoms with Crippen LogP contribution in [0.3, 0.4) is 0 Å². The van der Waals surface area contributed by atoms with Crippen molar-refractivity contribution in [2.45, 2.75) is 12.8 Å². The smallest absolute Gasteiger partial charge is 0.549 e. The van der Waals surface area contributed by atoms with Crippen LogP contribution in [0.4, 0.5) is 0 Å². The molecule has 12 nitrogen and oxygen atoms in total. The van der Waals surface area contributed by atoms with Crippen LogP contribution in [0.15, 0.2) is 0 Å². The molecule has 0 unspecified atom stereocenters. The molecule has 1 heterocycles. The number of carboxylic acid groups (broad SMARTS) is 4. The van der Waals surface area contributed by atoms with Crippen LogP contribution in [0.1, 0.15) is 12.8 Å². The average Bonchev–Trinajstić information content (AvgIpc) is 2.60. The molecule has 0 aliphatic carbocycles. The molecule has 1 fully saturated rings. The number of carbonyl (C=O) groups is 4. The summed E-state index contributed by atoms with van der Waals surface area (Å²) in [7, 11) is 0. The molecule has 173 valence electrons. The fourth-order valence-corrected chi connectivity index (χ4v) is 3.41. The Kier molecular flexibility index (Phi) is 15.1. The number of hydrogen-bond acceptors (Lipinski definition) is 12. The minimum absolute atomic E-state index is 0. The van der Waals surface area contributed by atoms with E-state index in [-0.39, 0.29) is 70.9 Å². The molecule has 0 saturated carbocycles. The van der Waals surface area contributed by atoms with Gasteiger partial charge in [0.05, 0.1) is 23.9 Å². The van der Waals surface area contributed by atoms with Gasteiger partial charge in [-0.25, -0.2) is 0 Å². The molecule has 13 heteroatoms. The molecule has 0 N–H and O–H groups in total. The molecule has 31 heavy (non-hydrogen) atoms. The fourth-order valence-electron chi connectivity index (χ4n) is 3.41. The third-order valence-electron chi connectivity index (χ3n) is 4.77. The molecular formula is C18H28N4O8V. The van der Waals surface area contributed by atoms with E-state index >= 15 is 0 Å². The number of nitrogens with zero attached hydrogens (tertiary/aromatic N) is 4. The Labute approximate surface area is 193 Å². The molecule has 0 bridgehead atoms. The summed E-state index contributed by atoms with van der Waals surface area (Å²) >= 11 is 0. The van der Waals surface area contributed by atoms with Gasteiger partial charge in [0.1, 0.15) is 0 Å². The van der Waals surface area contributed by atoms with E-state index in [2.05, 4.69) is 0 Å². The Morgan fingerprint density at radius 3 is 0.806 bits per heavy atom. The van der Waals surface area contributed by atoms with E-state index in [1.807, 2.05) is 0 Å². The Balaban J connectivity index is 0.00000900. The van der Waals surface area contributed by atoms with Crippen molar-refractivity contribution in [3.05, 3.63) is 0 Å². The first-order valence-corrected chi connectivity index (χ1v) is 9.84. The predicted octanol–water partition coefficient (Wildman–Crippen LogP) is -7.01. The van der Waals surface area contributed by atoms with Crippen LogP contribution in [0.2, 0.25) is 0 Å². The summed E-state index contributed by atoms with van der Waals surface area (Å²) in [5.74, 6) is -5.03. The van der Waals surface area contributed by atoms with Gasteiger partial charge in [0.2, 0.25) is 0 Å². The summed E-state index contributed by atoms with van der Waals surface area (Å²) in [4.78, 5) is 50.5. The monoisotopic (exact) mass is 479 g/mol. The zero-order chi connectivity index (χ0) is 22.5. The van der Waals surface area contributed by atoms with E-state index in [0.29, 0.717) is 39.0 Å². The van der Waals surface area contributed by atoms with Gasteiger partial charge >= 0.3 is 18.6 Å². The topological polar surface area (TPSA) is 173 Å². The minimum Gasteiger partial charge on any atom is -0.549 e. The molecule has 1 saturated heterocycles. The molecule has 0 aromatic heterocycles. The van der Waals surface area contributed by atoms with Gasteiger partial charge in [-0.2, -0.15) is 0 Å². The summed E-state index contributed by atoms with van der Waals surface area (Å²) in [5, 5.41) is 44.0. The van der Waals surface area contributed by atoms with Crippen molar-refractivity contribution in [3.63, 3.8) is 0 Å². The molecule has 0 aromatic rings. The van der Waals surface area contributed by atoms with Gasteiger partial charge < -0.3 is 39.6 Å². The van der Waals surface area contributed by atoms with Crippen molar-refractivity contribution in [2.75, 3.05) is 78.5 Å². The summed E-state index contributed by atoms with van der Waals surface area (Å²) < 4.78 is 0. The van der Waals surface area contributed by atoms with Crippen LogP contribution < -0.4 is 20.4 Å². The Bertz CT molecular complexity index is 497. The van der Waals surface area contributed by atoms with Crippen LogP contribution in [0, 0.1) is 0 Å². The van der Waals surface area contributed by atoms with Crippen LogP contribution in [-0.2, 0) is 37.7 Å². The zero-order valence-corrected chi connectivity index (χ0v) is 18.8. The fraction of sp³-hybridized carbons (Fsp3) is 0.778. The maximum atomic E-state index is 11.0. The average molecular weight is 479 g/mol. The SMILES string of the molecule is O=C([O-])CN1CCCN(CC(=O)[O-])CCN(CC(=O)[O-])CCCN(CC(=O)[O-])CC1.[V+4]. The van der Waals surface area contributed by atoms with Crippen molar-refractivity contribution >= 4 is 23.9 Å². The number of carbonyl (C=O) groups excluding carboxylic acids is 4. The van der Waals surface area contributed by atoms with E-state index in [4.69, 9.17) is 0 Å². The third-order valence-corrected chi connectivity index (χ3v) is 4.77. The van der Waals surface area contributed by atoms with Crippen molar-refractivity contribution < 1.29 is 58.2 Å². The molecule has 1 aliphatic heterocycles.